The Labute approximate surface area is 148 Å². The smallest absolute Gasteiger partial charge is 0.222 e. The van der Waals surface area contributed by atoms with Gasteiger partial charge in [0.05, 0.1) is 0 Å². The predicted octanol–water partition coefficient (Wildman–Crippen LogP) is 0.995. The molecule has 2 fully saturated rings. The van der Waals surface area contributed by atoms with Crippen LogP contribution in [0.4, 0.5) is 0 Å². The van der Waals surface area contributed by atoms with Gasteiger partial charge in [0, 0.05) is 69.6 Å². The number of likely N-dealkylation sites (tertiary alicyclic amines) is 1. The molecule has 2 aliphatic rings. The SMILES string of the molecule is CN1CCN(C[C@@H]2CN(C(=O)CCc3cccs3)C[C@@H]2CO)CC1. The zero-order chi connectivity index (χ0) is 16.9. The van der Waals surface area contributed by atoms with Crippen molar-refractivity contribution in [2.45, 2.75) is 12.8 Å². The highest BCUT2D eigenvalue weighted by atomic mass is 32.1. The zero-order valence-electron chi connectivity index (χ0n) is 14.6. The summed E-state index contributed by atoms with van der Waals surface area (Å²) in [5.74, 6) is 0.877. The van der Waals surface area contributed by atoms with Crippen LogP contribution in [0.5, 0.6) is 0 Å². The first-order chi connectivity index (χ1) is 11.7. The van der Waals surface area contributed by atoms with Gasteiger partial charge >= 0.3 is 0 Å². The Kier molecular flexibility index (Phi) is 6.27. The Hall–Kier alpha value is -0.950. The van der Waals surface area contributed by atoms with E-state index in [0.717, 1.165) is 52.2 Å². The van der Waals surface area contributed by atoms with E-state index < -0.39 is 0 Å². The molecule has 6 heteroatoms. The number of piperazine rings is 1. The molecule has 0 unspecified atom stereocenters. The molecule has 134 valence electrons. The number of aryl methyl sites for hydroxylation is 1. The molecule has 0 saturated carbocycles. The Morgan fingerprint density at radius 1 is 1.25 bits per heavy atom. The standard InChI is InChI=1S/C18H29N3O2S/c1-19-6-8-20(9-7-19)11-15-12-21(13-16(15)14-22)18(23)5-4-17-3-2-10-24-17/h2-3,10,15-16,22H,4-9,11-14H2,1H3/t15-,16-/m1/s1. The van der Waals surface area contributed by atoms with E-state index in [9.17, 15) is 9.90 Å². The van der Waals surface area contributed by atoms with Crippen LogP contribution in [0.2, 0.25) is 0 Å². The fourth-order valence-corrected chi connectivity index (χ4v) is 4.47. The second-order valence-electron chi connectivity index (χ2n) is 7.18. The number of aliphatic hydroxyl groups excluding tert-OH is 1. The number of thiophene rings is 1. The number of rotatable bonds is 6. The van der Waals surface area contributed by atoms with Crippen LogP contribution in [0.1, 0.15) is 11.3 Å². The van der Waals surface area contributed by atoms with Crippen LogP contribution < -0.4 is 0 Å². The van der Waals surface area contributed by atoms with Gasteiger partial charge in [-0.15, -0.1) is 11.3 Å². The molecule has 0 spiro atoms. The Bertz CT molecular complexity index is 514. The average molecular weight is 352 g/mol. The first kappa shape index (κ1) is 17.9. The van der Waals surface area contributed by atoms with E-state index in [1.807, 2.05) is 11.0 Å². The molecule has 2 atom stereocenters. The molecule has 2 aliphatic heterocycles. The van der Waals surface area contributed by atoms with Gasteiger partial charge in [-0.2, -0.15) is 0 Å². The van der Waals surface area contributed by atoms with E-state index in [0.29, 0.717) is 12.3 Å². The van der Waals surface area contributed by atoms with Gasteiger partial charge in [-0.1, -0.05) is 6.07 Å². The second kappa shape index (κ2) is 8.43. The van der Waals surface area contributed by atoms with Gasteiger partial charge in [0.15, 0.2) is 0 Å². The molecule has 0 radical (unpaired) electrons. The number of hydrogen-bond donors (Lipinski definition) is 1. The molecule has 0 aromatic carbocycles. The number of carbonyl (C=O) groups excluding carboxylic acids is 1. The van der Waals surface area contributed by atoms with E-state index in [2.05, 4.69) is 28.3 Å². The molecule has 1 aromatic heterocycles. The second-order valence-corrected chi connectivity index (χ2v) is 8.22. The predicted molar refractivity (Wildman–Crippen MR) is 97.2 cm³/mol. The van der Waals surface area contributed by atoms with Crippen molar-refractivity contribution in [2.75, 3.05) is 59.5 Å². The lowest BCUT2D eigenvalue weighted by molar-refractivity contribution is -0.130. The van der Waals surface area contributed by atoms with Crippen molar-refractivity contribution in [1.82, 2.24) is 14.7 Å². The van der Waals surface area contributed by atoms with Crippen LogP contribution in [-0.2, 0) is 11.2 Å². The normalized spacial score (nSPS) is 26.2. The van der Waals surface area contributed by atoms with Gasteiger partial charge in [-0.05, 0) is 30.8 Å². The van der Waals surface area contributed by atoms with Gasteiger partial charge in [-0.3, -0.25) is 4.79 Å². The van der Waals surface area contributed by atoms with E-state index >= 15 is 0 Å². The van der Waals surface area contributed by atoms with Crippen LogP contribution in [0.15, 0.2) is 17.5 Å². The highest BCUT2D eigenvalue weighted by Gasteiger charge is 2.35. The lowest BCUT2D eigenvalue weighted by Gasteiger charge is -2.34. The molecule has 3 rings (SSSR count). The summed E-state index contributed by atoms with van der Waals surface area (Å²) < 4.78 is 0. The lowest BCUT2D eigenvalue weighted by atomic mass is 9.96. The molecule has 5 nitrogen and oxygen atoms in total. The molecule has 0 aliphatic carbocycles. The number of carbonyl (C=O) groups is 1. The molecule has 1 aromatic rings. The minimum absolute atomic E-state index is 0.188. The summed E-state index contributed by atoms with van der Waals surface area (Å²) in [7, 11) is 2.16. The molecule has 0 bridgehead atoms. The third-order valence-electron chi connectivity index (χ3n) is 5.42. The van der Waals surface area contributed by atoms with Crippen LogP contribution in [-0.4, -0.2) is 85.2 Å². The number of amides is 1. The number of hydrogen-bond acceptors (Lipinski definition) is 5. The Morgan fingerprint density at radius 2 is 2.00 bits per heavy atom. The van der Waals surface area contributed by atoms with Crippen molar-refractivity contribution in [3.8, 4) is 0 Å². The van der Waals surface area contributed by atoms with Crippen molar-refractivity contribution in [3.63, 3.8) is 0 Å². The number of likely N-dealkylation sites (N-methyl/N-ethyl adjacent to an activating group) is 1. The highest BCUT2D eigenvalue weighted by Crippen LogP contribution is 2.25. The van der Waals surface area contributed by atoms with Gasteiger partial charge in [-0.25, -0.2) is 0 Å². The largest absolute Gasteiger partial charge is 0.396 e. The van der Waals surface area contributed by atoms with E-state index in [4.69, 9.17) is 0 Å². The fourth-order valence-electron chi connectivity index (χ4n) is 3.76. The maximum absolute atomic E-state index is 12.5. The molecule has 24 heavy (non-hydrogen) atoms. The number of aliphatic hydroxyl groups is 1. The van der Waals surface area contributed by atoms with Crippen molar-refractivity contribution >= 4 is 17.2 Å². The third-order valence-corrected chi connectivity index (χ3v) is 6.35. The maximum Gasteiger partial charge on any atom is 0.222 e. The van der Waals surface area contributed by atoms with Crippen molar-refractivity contribution in [3.05, 3.63) is 22.4 Å². The van der Waals surface area contributed by atoms with Crippen molar-refractivity contribution < 1.29 is 9.90 Å². The topological polar surface area (TPSA) is 47.0 Å². The quantitative estimate of drug-likeness (QED) is 0.830. The summed E-state index contributed by atoms with van der Waals surface area (Å²) in [6, 6.07) is 4.13. The van der Waals surface area contributed by atoms with Crippen LogP contribution in [0.3, 0.4) is 0 Å². The van der Waals surface area contributed by atoms with E-state index in [-0.39, 0.29) is 18.4 Å². The monoisotopic (exact) mass is 351 g/mol. The van der Waals surface area contributed by atoms with Gasteiger partial charge < -0.3 is 19.8 Å². The number of nitrogens with zero attached hydrogens (tertiary/aromatic N) is 3. The fraction of sp³-hybridized carbons (Fsp3) is 0.722. The first-order valence-electron chi connectivity index (χ1n) is 8.97. The van der Waals surface area contributed by atoms with Gasteiger partial charge in [0.2, 0.25) is 5.91 Å². The molecule has 1 amide bonds. The molecule has 3 heterocycles. The van der Waals surface area contributed by atoms with Crippen molar-refractivity contribution in [2.24, 2.45) is 11.8 Å². The summed E-state index contributed by atoms with van der Waals surface area (Å²) in [4.78, 5) is 20.6. The average Bonchev–Trinajstić information content (AvgIpc) is 3.24. The summed E-state index contributed by atoms with van der Waals surface area (Å²) in [5, 5.41) is 11.8. The van der Waals surface area contributed by atoms with Gasteiger partial charge in [0.25, 0.3) is 0 Å². The molecular formula is C18H29N3O2S. The molecular weight excluding hydrogens is 322 g/mol. The van der Waals surface area contributed by atoms with E-state index in [1.165, 1.54) is 4.88 Å². The maximum atomic E-state index is 12.5. The third kappa shape index (κ3) is 4.57. The Balaban J connectivity index is 1.48. The molecule has 1 N–H and O–H groups in total. The summed E-state index contributed by atoms with van der Waals surface area (Å²) in [6.45, 7) is 7.13. The van der Waals surface area contributed by atoms with Crippen LogP contribution in [0.25, 0.3) is 0 Å². The first-order valence-corrected chi connectivity index (χ1v) is 9.85. The van der Waals surface area contributed by atoms with Gasteiger partial charge in [0.1, 0.15) is 0 Å². The van der Waals surface area contributed by atoms with Crippen molar-refractivity contribution in [1.29, 1.82) is 0 Å². The van der Waals surface area contributed by atoms with Crippen LogP contribution in [0, 0.1) is 11.8 Å². The summed E-state index contributed by atoms with van der Waals surface area (Å²) >= 11 is 1.72. The highest BCUT2D eigenvalue weighted by molar-refractivity contribution is 7.09. The minimum Gasteiger partial charge on any atom is -0.396 e. The molecule has 2 saturated heterocycles. The van der Waals surface area contributed by atoms with Crippen LogP contribution >= 0.6 is 11.3 Å². The lowest BCUT2D eigenvalue weighted by Crippen LogP contribution is -2.47. The van der Waals surface area contributed by atoms with E-state index in [1.54, 1.807) is 11.3 Å². The minimum atomic E-state index is 0.188. The zero-order valence-corrected chi connectivity index (χ0v) is 15.4. The summed E-state index contributed by atoms with van der Waals surface area (Å²) in [6.07, 6.45) is 1.42. The Morgan fingerprint density at radius 3 is 2.67 bits per heavy atom. The summed E-state index contributed by atoms with van der Waals surface area (Å²) in [5.41, 5.74) is 0.